The number of hydrogen-bond donors (Lipinski definition) is 0. The van der Waals surface area contributed by atoms with Crippen LogP contribution in [0.5, 0.6) is 11.5 Å². The van der Waals surface area contributed by atoms with Crippen molar-refractivity contribution < 1.29 is 19.1 Å². The molecule has 0 fully saturated rings. The van der Waals surface area contributed by atoms with Crippen LogP contribution in [0.3, 0.4) is 0 Å². The number of carbonyl (C=O) groups is 2. The smallest absolute Gasteiger partial charge is 0.311 e. The van der Waals surface area contributed by atoms with Crippen LogP contribution in [0.25, 0.3) is 22.3 Å². The summed E-state index contributed by atoms with van der Waals surface area (Å²) in [7, 11) is 0. The van der Waals surface area contributed by atoms with E-state index in [1.54, 1.807) is 0 Å². The summed E-state index contributed by atoms with van der Waals surface area (Å²) in [6.07, 6.45) is 1.40. The van der Waals surface area contributed by atoms with Gasteiger partial charge in [-0.1, -0.05) is 72.8 Å². The third-order valence-electron chi connectivity index (χ3n) is 6.60. The minimum Gasteiger partial charge on any atom is -0.426 e. The summed E-state index contributed by atoms with van der Waals surface area (Å²) in [5, 5.41) is 0. The van der Waals surface area contributed by atoms with Crippen LogP contribution in [0.2, 0.25) is 0 Å². The van der Waals surface area contributed by atoms with E-state index in [1.807, 2.05) is 60.7 Å². The Labute approximate surface area is 197 Å². The van der Waals surface area contributed by atoms with Gasteiger partial charge in [0.2, 0.25) is 0 Å². The zero-order valence-corrected chi connectivity index (χ0v) is 18.5. The van der Waals surface area contributed by atoms with Crippen LogP contribution in [0.1, 0.15) is 35.1 Å². The Kier molecular flexibility index (Phi) is 4.99. The van der Waals surface area contributed by atoms with E-state index in [9.17, 15) is 9.59 Å². The number of esters is 2. The average Bonchev–Trinajstić information content (AvgIpc) is 3.43. The number of benzene rings is 4. The lowest BCUT2D eigenvalue weighted by atomic mass is 10.1. The van der Waals surface area contributed by atoms with Crippen LogP contribution >= 0.6 is 0 Å². The lowest BCUT2D eigenvalue weighted by Gasteiger charge is -2.11. The minimum absolute atomic E-state index is 0.0370. The van der Waals surface area contributed by atoms with Crippen LogP contribution in [-0.2, 0) is 22.4 Å². The SMILES string of the molecule is O=C(CCC(=O)Oc1cccc2c1Cc1ccccc1-2)Oc1cccc2c1Cc1ccccc1-2. The van der Waals surface area contributed by atoms with Gasteiger partial charge in [-0.25, -0.2) is 0 Å². The Hall–Kier alpha value is -4.18. The molecule has 4 aromatic carbocycles. The van der Waals surface area contributed by atoms with Crippen molar-refractivity contribution in [2.75, 3.05) is 0 Å². The van der Waals surface area contributed by atoms with Gasteiger partial charge in [-0.15, -0.1) is 0 Å². The van der Waals surface area contributed by atoms with Crippen LogP contribution in [0.4, 0.5) is 0 Å². The first-order valence-corrected chi connectivity index (χ1v) is 11.5. The summed E-state index contributed by atoms with van der Waals surface area (Å²) in [6.45, 7) is 0. The molecule has 4 heteroatoms. The zero-order valence-electron chi connectivity index (χ0n) is 18.5. The van der Waals surface area contributed by atoms with E-state index in [2.05, 4.69) is 24.3 Å². The predicted octanol–water partition coefficient (Wildman–Crippen LogP) is 6.12. The second kappa shape index (κ2) is 8.31. The predicted molar refractivity (Wildman–Crippen MR) is 130 cm³/mol. The molecule has 0 spiro atoms. The van der Waals surface area contributed by atoms with Crippen LogP contribution < -0.4 is 9.47 Å². The van der Waals surface area contributed by atoms with E-state index >= 15 is 0 Å². The molecule has 0 amide bonds. The number of fused-ring (bicyclic) bond motifs is 6. The summed E-state index contributed by atoms with van der Waals surface area (Å²) < 4.78 is 11.3. The number of ether oxygens (including phenoxy) is 2. The lowest BCUT2D eigenvalue weighted by molar-refractivity contribution is -0.140. The molecule has 4 nitrogen and oxygen atoms in total. The van der Waals surface area contributed by atoms with Gasteiger partial charge in [-0.3, -0.25) is 9.59 Å². The molecule has 2 aliphatic carbocycles. The normalized spacial score (nSPS) is 12.4. The van der Waals surface area contributed by atoms with Crippen molar-refractivity contribution in [2.24, 2.45) is 0 Å². The first-order valence-electron chi connectivity index (χ1n) is 11.5. The maximum atomic E-state index is 12.5. The fourth-order valence-electron chi connectivity index (χ4n) is 5.00. The highest BCUT2D eigenvalue weighted by Gasteiger charge is 2.24. The molecule has 0 aromatic heterocycles. The Bertz CT molecular complexity index is 1340. The topological polar surface area (TPSA) is 52.6 Å². The van der Waals surface area contributed by atoms with Crippen LogP contribution in [0.15, 0.2) is 84.9 Å². The maximum absolute atomic E-state index is 12.5. The Morgan fingerprint density at radius 2 is 0.941 bits per heavy atom. The Morgan fingerprint density at radius 3 is 1.41 bits per heavy atom. The number of rotatable bonds is 5. The summed E-state index contributed by atoms with van der Waals surface area (Å²) in [5.41, 5.74) is 9.02. The second-order valence-corrected chi connectivity index (χ2v) is 8.68. The molecule has 0 N–H and O–H groups in total. The van der Waals surface area contributed by atoms with Gasteiger partial charge < -0.3 is 9.47 Å². The molecule has 0 aliphatic heterocycles. The highest BCUT2D eigenvalue weighted by Crippen LogP contribution is 2.42. The minimum atomic E-state index is -0.438. The van der Waals surface area contributed by atoms with E-state index in [4.69, 9.17) is 9.47 Å². The first kappa shape index (κ1) is 20.4. The molecule has 0 saturated heterocycles. The van der Waals surface area contributed by atoms with Gasteiger partial charge >= 0.3 is 11.9 Å². The zero-order chi connectivity index (χ0) is 23.1. The summed E-state index contributed by atoms with van der Waals surface area (Å²) in [4.78, 5) is 25.1. The van der Waals surface area contributed by atoms with Crippen molar-refractivity contribution in [3.63, 3.8) is 0 Å². The van der Waals surface area contributed by atoms with Gasteiger partial charge in [0, 0.05) is 24.0 Å². The van der Waals surface area contributed by atoms with Crippen LogP contribution in [-0.4, -0.2) is 11.9 Å². The second-order valence-electron chi connectivity index (χ2n) is 8.68. The van der Waals surface area contributed by atoms with Gasteiger partial charge in [0.05, 0.1) is 12.8 Å². The van der Waals surface area contributed by atoms with Crippen molar-refractivity contribution in [1.29, 1.82) is 0 Å². The van der Waals surface area contributed by atoms with E-state index in [0.717, 1.165) is 35.1 Å². The largest absolute Gasteiger partial charge is 0.426 e. The van der Waals surface area contributed by atoms with Gasteiger partial charge in [0.25, 0.3) is 0 Å². The molecule has 4 aromatic rings. The number of hydrogen-bond acceptors (Lipinski definition) is 4. The summed E-state index contributed by atoms with van der Waals surface area (Å²) >= 11 is 0. The fraction of sp³-hybridized carbons (Fsp3) is 0.133. The van der Waals surface area contributed by atoms with Crippen molar-refractivity contribution >= 4 is 11.9 Å². The molecule has 2 aliphatic rings. The molecule has 166 valence electrons. The van der Waals surface area contributed by atoms with E-state index in [1.165, 1.54) is 22.3 Å². The fourth-order valence-corrected chi connectivity index (χ4v) is 5.00. The molecule has 0 bridgehead atoms. The Balaban J connectivity index is 1.10. The molecule has 0 heterocycles. The van der Waals surface area contributed by atoms with Crippen molar-refractivity contribution in [3.05, 3.63) is 107 Å². The number of carbonyl (C=O) groups excluding carboxylic acids is 2. The third kappa shape index (κ3) is 3.57. The summed E-state index contributed by atoms with van der Waals surface area (Å²) in [5.74, 6) is 0.246. The van der Waals surface area contributed by atoms with Crippen molar-refractivity contribution in [3.8, 4) is 33.8 Å². The van der Waals surface area contributed by atoms with Crippen molar-refractivity contribution in [2.45, 2.75) is 25.7 Å². The van der Waals surface area contributed by atoms with E-state index in [0.29, 0.717) is 11.5 Å². The highest BCUT2D eigenvalue weighted by atomic mass is 16.5. The lowest BCUT2D eigenvalue weighted by Crippen LogP contribution is -2.15. The molecule has 6 rings (SSSR count). The highest BCUT2D eigenvalue weighted by molar-refractivity contribution is 5.84. The van der Waals surface area contributed by atoms with Gasteiger partial charge in [0.1, 0.15) is 11.5 Å². The molecule has 0 unspecified atom stereocenters. The monoisotopic (exact) mass is 446 g/mol. The third-order valence-corrected chi connectivity index (χ3v) is 6.60. The maximum Gasteiger partial charge on any atom is 0.311 e. The molecular weight excluding hydrogens is 424 g/mol. The summed E-state index contributed by atoms with van der Waals surface area (Å²) in [6, 6.07) is 27.9. The van der Waals surface area contributed by atoms with Crippen molar-refractivity contribution in [1.82, 2.24) is 0 Å². The van der Waals surface area contributed by atoms with Crippen LogP contribution in [0, 0.1) is 0 Å². The van der Waals surface area contributed by atoms with E-state index < -0.39 is 11.9 Å². The average molecular weight is 447 g/mol. The molecule has 34 heavy (non-hydrogen) atoms. The van der Waals surface area contributed by atoms with E-state index in [-0.39, 0.29) is 12.8 Å². The molecular formula is C30H22O4. The van der Waals surface area contributed by atoms with Gasteiger partial charge in [-0.2, -0.15) is 0 Å². The Morgan fingerprint density at radius 1 is 0.529 bits per heavy atom. The van der Waals surface area contributed by atoms with Gasteiger partial charge in [-0.05, 0) is 45.5 Å². The molecule has 0 radical (unpaired) electrons. The molecule has 0 atom stereocenters. The molecule has 0 saturated carbocycles. The van der Waals surface area contributed by atoms with Gasteiger partial charge in [0.15, 0.2) is 0 Å². The first-order chi connectivity index (χ1) is 16.7. The quantitative estimate of drug-likeness (QED) is 0.236. The standard InChI is InChI=1S/C30H22O4/c31-29(33-27-13-5-11-23-21-9-3-1-7-19(21)17-25(23)27)15-16-30(32)34-28-14-6-12-24-22-10-4-2-8-20(22)18-26(24)28/h1-14H,15-18H2.